The van der Waals surface area contributed by atoms with Crippen LogP contribution in [-0.4, -0.2) is 43.6 Å². The molecule has 0 aromatic heterocycles. The maximum absolute atomic E-state index is 9.91. The third-order valence-electron chi connectivity index (χ3n) is 3.00. The van der Waals surface area contributed by atoms with Gasteiger partial charge < -0.3 is 14.7 Å². The molecule has 1 heterocycles. The van der Waals surface area contributed by atoms with Crippen molar-refractivity contribution in [1.29, 1.82) is 0 Å². The third kappa shape index (κ3) is 4.21. The molecule has 0 aromatic rings. The first-order valence-corrected chi connectivity index (χ1v) is 5.66. The van der Waals surface area contributed by atoms with Crippen molar-refractivity contribution in [2.24, 2.45) is 5.92 Å². The molecule has 0 aromatic carbocycles. The Morgan fingerprint density at radius 1 is 1.40 bits per heavy atom. The van der Waals surface area contributed by atoms with Crippen LogP contribution < -0.4 is 4.90 Å². The fourth-order valence-corrected chi connectivity index (χ4v) is 1.33. The Hall–Kier alpha value is -0.560. The lowest BCUT2D eigenvalue weighted by Crippen LogP contribution is -3.14. The van der Waals surface area contributed by atoms with Crippen molar-refractivity contribution in [3.63, 3.8) is 0 Å². The van der Waals surface area contributed by atoms with Gasteiger partial charge in [-0.15, -0.1) is 0 Å². The van der Waals surface area contributed by atoms with Gasteiger partial charge in [0.25, 0.3) is 0 Å². The first-order valence-electron chi connectivity index (χ1n) is 5.66. The summed E-state index contributed by atoms with van der Waals surface area (Å²) in [7, 11) is 0. The van der Waals surface area contributed by atoms with Gasteiger partial charge in [0.05, 0.1) is 13.2 Å². The number of hydrogen-bond donors (Lipinski definition) is 2. The number of rotatable bonds is 2. The van der Waals surface area contributed by atoms with Gasteiger partial charge in [-0.05, 0) is 18.8 Å². The second kappa shape index (κ2) is 5.50. The van der Waals surface area contributed by atoms with E-state index in [1.807, 2.05) is 13.8 Å². The van der Waals surface area contributed by atoms with Crippen LogP contribution in [0.15, 0.2) is 0 Å². The van der Waals surface area contributed by atoms with Gasteiger partial charge >= 0.3 is 0 Å². The molecular formula is C12H22NO2+. The van der Waals surface area contributed by atoms with Gasteiger partial charge in [0.1, 0.15) is 25.2 Å². The van der Waals surface area contributed by atoms with Gasteiger partial charge in [-0.1, -0.05) is 19.8 Å². The summed E-state index contributed by atoms with van der Waals surface area (Å²) >= 11 is 0. The van der Waals surface area contributed by atoms with Crippen LogP contribution in [0.3, 0.4) is 0 Å². The SMILES string of the molecule is CC(C)[C@@](C)(O)C#CC[NH+]1CCOCC1. The molecule has 1 saturated heterocycles. The van der Waals surface area contributed by atoms with Crippen LogP contribution in [0.5, 0.6) is 0 Å². The Bertz CT molecular complexity index is 244. The summed E-state index contributed by atoms with van der Waals surface area (Å²) in [6.07, 6.45) is 0. The van der Waals surface area contributed by atoms with E-state index in [1.165, 1.54) is 4.90 Å². The molecule has 0 aliphatic carbocycles. The average molecular weight is 212 g/mol. The zero-order chi connectivity index (χ0) is 11.3. The molecule has 0 unspecified atom stereocenters. The molecule has 0 spiro atoms. The van der Waals surface area contributed by atoms with Gasteiger partial charge in [-0.25, -0.2) is 0 Å². The summed E-state index contributed by atoms with van der Waals surface area (Å²) < 4.78 is 5.27. The van der Waals surface area contributed by atoms with Crippen molar-refractivity contribution in [3.05, 3.63) is 0 Å². The van der Waals surface area contributed by atoms with E-state index in [1.54, 1.807) is 6.92 Å². The van der Waals surface area contributed by atoms with Crippen LogP contribution in [0.2, 0.25) is 0 Å². The van der Waals surface area contributed by atoms with Crippen molar-refractivity contribution in [2.75, 3.05) is 32.8 Å². The molecule has 0 amide bonds. The Morgan fingerprint density at radius 3 is 2.53 bits per heavy atom. The Kier molecular flexibility index (Phi) is 4.59. The van der Waals surface area contributed by atoms with E-state index >= 15 is 0 Å². The highest BCUT2D eigenvalue weighted by Gasteiger charge is 2.21. The summed E-state index contributed by atoms with van der Waals surface area (Å²) in [6.45, 7) is 10.3. The second-order valence-corrected chi connectivity index (χ2v) is 4.64. The Morgan fingerprint density at radius 2 is 2.00 bits per heavy atom. The second-order valence-electron chi connectivity index (χ2n) is 4.64. The predicted molar refractivity (Wildman–Crippen MR) is 59.6 cm³/mol. The maximum Gasteiger partial charge on any atom is 0.139 e. The minimum absolute atomic E-state index is 0.171. The van der Waals surface area contributed by atoms with Crippen LogP contribution in [-0.2, 0) is 4.74 Å². The molecule has 0 bridgehead atoms. The molecule has 1 aliphatic rings. The summed E-state index contributed by atoms with van der Waals surface area (Å²) in [5.74, 6) is 6.20. The fraction of sp³-hybridized carbons (Fsp3) is 0.833. The number of quaternary nitrogens is 1. The van der Waals surface area contributed by atoms with E-state index in [0.717, 1.165) is 32.8 Å². The number of hydrogen-bond acceptors (Lipinski definition) is 2. The van der Waals surface area contributed by atoms with E-state index in [0.29, 0.717) is 0 Å². The van der Waals surface area contributed by atoms with Gasteiger partial charge in [0, 0.05) is 0 Å². The number of nitrogens with one attached hydrogen (secondary N) is 1. The predicted octanol–water partition coefficient (Wildman–Crippen LogP) is -0.688. The normalized spacial score (nSPS) is 21.9. The zero-order valence-electron chi connectivity index (χ0n) is 9.97. The standard InChI is InChI=1S/C12H21NO2/c1-11(2)12(3,14)5-4-6-13-7-9-15-10-8-13/h11,14H,6-10H2,1-3H3/p+1/t12-/m0/s1. The molecule has 0 saturated carbocycles. The smallest absolute Gasteiger partial charge is 0.139 e. The Balaban J connectivity index is 2.37. The molecule has 15 heavy (non-hydrogen) atoms. The van der Waals surface area contributed by atoms with Crippen LogP contribution in [0.4, 0.5) is 0 Å². The lowest BCUT2D eigenvalue weighted by atomic mass is 9.93. The molecule has 3 nitrogen and oxygen atoms in total. The quantitative estimate of drug-likeness (QED) is 0.594. The van der Waals surface area contributed by atoms with Gasteiger partial charge in [0.2, 0.25) is 0 Å². The van der Waals surface area contributed by atoms with Crippen LogP contribution in [0.25, 0.3) is 0 Å². The first-order chi connectivity index (χ1) is 7.02. The Labute approximate surface area is 92.4 Å². The van der Waals surface area contributed by atoms with Crippen LogP contribution in [0.1, 0.15) is 20.8 Å². The molecule has 0 radical (unpaired) electrons. The zero-order valence-corrected chi connectivity index (χ0v) is 9.97. The molecule has 1 atom stereocenters. The largest absolute Gasteiger partial charge is 0.378 e. The minimum atomic E-state index is -0.855. The maximum atomic E-state index is 9.91. The van der Waals surface area contributed by atoms with Crippen molar-refractivity contribution in [3.8, 4) is 11.8 Å². The molecule has 1 aliphatic heterocycles. The monoisotopic (exact) mass is 212 g/mol. The number of ether oxygens (including phenoxy) is 1. The summed E-state index contributed by atoms with van der Waals surface area (Å²) in [6, 6.07) is 0. The molecule has 86 valence electrons. The topological polar surface area (TPSA) is 33.9 Å². The highest BCUT2D eigenvalue weighted by atomic mass is 16.5. The van der Waals surface area contributed by atoms with E-state index < -0.39 is 5.60 Å². The van der Waals surface area contributed by atoms with E-state index in [-0.39, 0.29) is 5.92 Å². The van der Waals surface area contributed by atoms with E-state index in [4.69, 9.17) is 4.74 Å². The van der Waals surface area contributed by atoms with E-state index in [2.05, 4.69) is 11.8 Å². The van der Waals surface area contributed by atoms with Crippen molar-refractivity contribution < 1.29 is 14.7 Å². The van der Waals surface area contributed by atoms with Crippen molar-refractivity contribution in [2.45, 2.75) is 26.4 Å². The molecule has 3 heteroatoms. The van der Waals surface area contributed by atoms with Gasteiger partial charge in [0.15, 0.2) is 0 Å². The van der Waals surface area contributed by atoms with Gasteiger partial charge in [-0.2, -0.15) is 0 Å². The van der Waals surface area contributed by atoms with Crippen LogP contribution >= 0.6 is 0 Å². The molecule has 1 rings (SSSR count). The average Bonchev–Trinajstić information content (AvgIpc) is 2.19. The van der Waals surface area contributed by atoms with Crippen molar-refractivity contribution >= 4 is 0 Å². The molecule has 2 N–H and O–H groups in total. The van der Waals surface area contributed by atoms with Crippen LogP contribution in [0, 0.1) is 17.8 Å². The fourth-order valence-electron chi connectivity index (χ4n) is 1.33. The molecule has 1 fully saturated rings. The van der Waals surface area contributed by atoms with Gasteiger partial charge in [-0.3, -0.25) is 0 Å². The van der Waals surface area contributed by atoms with E-state index in [9.17, 15) is 5.11 Å². The summed E-state index contributed by atoms with van der Waals surface area (Å²) in [4.78, 5) is 1.45. The van der Waals surface area contributed by atoms with Crippen molar-refractivity contribution in [1.82, 2.24) is 0 Å². The summed E-state index contributed by atoms with van der Waals surface area (Å²) in [5, 5.41) is 9.91. The number of aliphatic hydroxyl groups is 1. The lowest BCUT2D eigenvalue weighted by molar-refractivity contribution is -0.900. The first kappa shape index (κ1) is 12.5. The summed E-state index contributed by atoms with van der Waals surface area (Å²) in [5.41, 5.74) is -0.855. The minimum Gasteiger partial charge on any atom is -0.378 e. The lowest BCUT2D eigenvalue weighted by Gasteiger charge is -2.23. The molecular weight excluding hydrogens is 190 g/mol. The highest BCUT2D eigenvalue weighted by Crippen LogP contribution is 2.13. The third-order valence-corrected chi connectivity index (χ3v) is 3.00. The highest BCUT2D eigenvalue weighted by molar-refractivity contribution is 5.13. The number of morpholine rings is 1.